The Morgan fingerprint density at radius 2 is 1.54 bits per heavy atom. The predicted octanol–water partition coefficient (Wildman–Crippen LogP) is 2.51. The number of unbranched alkanes of at least 4 members (excludes halogenated alkanes) is 7. The molecule has 0 aromatic carbocycles. The maximum Gasteiger partial charge on any atom is 0.274 e. The van der Waals surface area contributed by atoms with Crippen LogP contribution in [0.5, 0.6) is 0 Å². The molecule has 2 aromatic heterocycles. The Balaban J connectivity index is 1.28. The van der Waals surface area contributed by atoms with Crippen molar-refractivity contribution in [3.05, 3.63) is 49.1 Å². The third kappa shape index (κ3) is 22.8. The molecule has 1 aliphatic rings. The second-order valence-corrected chi connectivity index (χ2v) is 21.7. The van der Waals surface area contributed by atoms with Crippen LogP contribution in [-0.2, 0) is 50.7 Å². The fourth-order valence-electron chi connectivity index (χ4n) is 6.59. The van der Waals surface area contributed by atoms with Crippen molar-refractivity contribution < 1.29 is 80.5 Å². The monoisotopic (exact) mass is 1050 g/mol. The molecule has 390 valence electrons. The number of fused-ring (bicyclic) bond motifs is 1. The fraction of sp³-hybridized carbons (Fsp3) is 0.659. The number of ether oxygens (including phenoxy) is 1. The number of thioether (sulfide) groups is 1. The number of nitrogens with two attached hydrogens (primary N) is 1. The number of carbonyl (C=O) groups is 3. The van der Waals surface area contributed by atoms with Crippen LogP contribution in [0.25, 0.3) is 11.2 Å². The van der Waals surface area contributed by atoms with E-state index in [9.17, 15) is 57.9 Å². The number of aliphatic hydroxyl groups excluding tert-OH is 2. The third-order valence-corrected chi connectivity index (χ3v) is 14.2. The maximum atomic E-state index is 12.6. The van der Waals surface area contributed by atoms with Crippen molar-refractivity contribution in [2.45, 2.75) is 135 Å². The van der Waals surface area contributed by atoms with Crippen molar-refractivity contribution in [1.82, 2.24) is 30.2 Å². The zero-order valence-corrected chi connectivity index (χ0v) is 42.4. The first-order chi connectivity index (χ1) is 32.6. The Hall–Kier alpha value is -3.22. The van der Waals surface area contributed by atoms with Gasteiger partial charge in [-0.2, -0.15) is 0 Å². The van der Waals surface area contributed by atoms with Gasteiger partial charge in [0.05, 0.1) is 27.4 Å². The van der Waals surface area contributed by atoms with Gasteiger partial charge in [-0.1, -0.05) is 101 Å². The van der Waals surface area contributed by atoms with Gasteiger partial charge in [-0.25, -0.2) is 19.3 Å². The largest absolute Gasteiger partial charge is 0.790 e. The first kappa shape index (κ1) is 60.1. The van der Waals surface area contributed by atoms with Crippen molar-refractivity contribution >= 4 is 69.1 Å². The summed E-state index contributed by atoms with van der Waals surface area (Å²) in [5.41, 5.74) is 4.09. The lowest BCUT2D eigenvalue weighted by Crippen LogP contribution is -2.46. The average Bonchev–Trinajstić information content (AvgIpc) is 3.84. The van der Waals surface area contributed by atoms with Crippen LogP contribution in [-0.4, -0.2) is 103 Å². The number of aliphatic hydroxyl groups is 2. The van der Waals surface area contributed by atoms with Gasteiger partial charge in [-0.05, 0) is 38.5 Å². The van der Waals surface area contributed by atoms with Gasteiger partial charge in [0.15, 0.2) is 22.8 Å². The highest BCUT2D eigenvalue weighted by atomic mass is 32.2. The van der Waals surface area contributed by atoms with E-state index in [1.54, 1.807) is 0 Å². The Kier molecular flexibility index (Phi) is 26.1. The summed E-state index contributed by atoms with van der Waals surface area (Å²) in [4.78, 5) is 96.9. The molecular weight excluding hydrogens is 987 g/mol. The van der Waals surface area contributed by atoms with Gasteiger partial charge in [0.25, 0.3) is 15.6 Å². The summed E-state index contributed by atoms with van der Waals surface area (Å²) < 4.78 is 60.8. The Morgan fingerprint density at radius 1 is 0.899 bits per heavy atom. The van der Waals surface area contributed by atoms with Gasteiger partial charge in [0, 0.05) is 37.1 Å². The molecule has 2 amide bonds. The number of hydrogen-bond donors (Lipinski definition) is 5. The molecule has 1 fully saturated rings. The number of rotatable bonds is 34. The minimum Gasteiger partial charge on any atom is -0.790 e. The molecule has 3 heterocycles. The van der Waals surface area contributed by atoms with E-state index in [0.717, 1.165) is 80.4 Å². The Labute approximate surface area is 405 Å². The molecule has 28 heteroatoms. The number of allylic oxidation sites excluding steroid dienone is 6. The smallest absolute Gasteiger partial charge is 0.274 e. The van der Waals surface area contributed by atoms with E-state index in [2.05, 4.69) is 86.8 Å². The average molecular weight is 1050 g/mol. The second kappa shape index (κ2) is 30.0. The van der Waals surface area contributed by atoms with Crippen LogP contribution < -0.4 is 35.9 Å². The molecule has 3 rings (SSSR count). The molecule has 7 atom stereocenters. The number of aromatic nitrogens is 4. The number of phosphoric acid groups is 3. The van der Waals surface area contributed by atoms with E-state index >= 15 is 0 Å². The van der Waals surface area contributed by atoms with E-state index in [0.29, 0.717) is 12.2 Å². The van der Waals surface area contributed by atoms with Crippen molar-refractivity contribution in [3.63, 3.8) is 0 Å². The maximum absolute atomic E-state index is 12.6. The van der Waals surface area contributed by atoms with Crippen molar-refractivity contribution in [2.24, 2.45) is 5.41 Å². The molecule has 2 unspecified atom stereocenters. The predicted molar refractivity (Wildman–Crippen MR) is 247 cm³/mol. The summed E-state index contributed by atoms with van der Waals surface area (Å²) in [7, 11) is -17.6. The van der Waals surface area contributed by atoms with Gasteiger partial charge < -0.3 is 69.0 Å². The Bertz CT molecular complexity index is 2170. The van der Waals surface area contributed by atoms with E-state index < -0.39 is 84.6 Å². The van der Waals surface area contributed by atoms with Crippen LogP contribution in [0.2, 0.25) is 0 Å². The number of amides is 2. The molecule has 0 saturated carbocycles. The molecule has 24 nitrogen and oxygen atoms in total. The van der Waals surface area contributed by atoms with E-state index in [1.165, 1.54) is 33.1 Å². The summed E-state index contributed by atoms with van der Waals surface area (Å²) in [5.74, 6) is -1.15. The summed E-state index contributed by atoms with van der Waals surface area (Å²) >= 11 is 1.13. The molecule has 0 bridgehead atoms. The molecule has 6 N–H and O–H groups in total. The standard InChI is InChI=1S/C41H68N7O17P3S/c1-4-5-6-7-8-9-10-11-12-13-14-15-16-17-18-19-20-21-32(50)69-25-24-43-31(49)22-23-44-39(53)36(52)41(2,3)27-62-68(59,60)65-67(57,58)61-26-30-35(64-66(54,55)56)34(51)40(63-30)48-29-47-33-37(42)45-28-46-38(33)48/h5-6,8-9,11-12,28-30,34-36,40,51-52H,4,7,10,13-27H2,1-3H3,(H,43,49)(H,44,53)(H,57,58)(H,59,60)(H2,42,45,46)(H2,54,55,56)/p-4/b6-5-,9-8-,12-11-/t30-,34-,35-,36+,40-/m1/s1. The first-order valence-electron chi connectivity index (χ1n) is 22.5. The van der Waals surface area contributed by atoms with Gasteiger partial charge in [-0.3, -0.25) is 28.1 Å². The number of phosphoric ester groups is 3. The number of hydrogen-bond acceptors (Lipinski definition) is 22. The van der Waals surface area contributed by atoms with Crippen molar-refractivity contribution in [1.29, 1.82) is 0 Å². The van der Waals surface area contributed by atoms with E-state index in [-0.39, 0.29) is 41.6 Å². The van der Waals surface area contributed by atoms with E-state index in [1.807, 2.05) is 0 Å². The van der Waals surface area contributed by atoms with Gasteiger partial charge in [0.2, 0.25) is 11.8 Å². The normalized spacial score (nSPS) is 20.2. The molecule has 1 saturated heterocycles. The number of imidazole rings is 1. The third-order valence-electron chi connectivity index (χ3n) is 10.3. The van der Waals surface area contributed by atoms with Gasteiger partial charge >= 0.3 is 0 Å². The molecule has 0 radical (unpaired) electrons. The van der Waals surface area contributed by atoms with Gasteiger partial charge in [0.1, 0.15) is 36.3 Å². The molecule has 1 aliphatic heterocycles. The van der Waals surface area contributed by atoms with Crippen LogP contribution in [0.1, 0.15) is 110 Å². The van der Waals surface area contributed by atoms with Crippen molar-refractivity contribution in [2.75, 3.05) is 37.8 Å². The molecular formula is C41H64N7O17P3S-4. The quantitative estimate of drug-likeness (QED) is 0.0382. The lowest BCUT2D eigenvalue weighted by atomic mass is 9.87. The summed E-state index contributed by atoms with van der Waals surface area (Å²) in [6.45, 7) is 2.28. The van der Waals surface area contributed by atoms with Crippen LogP contribution in [0.4, 0.5) is 5.82 Å². The lowest BCUT2D eigenvalue weighted by molar-refractivity contribution is -0.347. The molecule has 2 aromatic rings. The molecule has 0 spiro atoms. The Morgan fingerprint density at radius 3 is 2.22 bits per heavy atom. The summed E-state index contributed by atoms with van der Waals surface area (Å²) in [6.07, 6.45) is 17.7. The minimum atomic E-state index is -5.92. The number of nitrogens with one attached hydrogen (secondary N) is 2. The zero-order chi connectivity index (χ0) is 51.1. The number of nitrogen functional groups attached to an aromatic ring is 1. The molecule has 69 heavy (non-hydrogen) atoms. The van der Waals surface area contributed by atoms with Crippen LogP contribution >= 0.6 is 35.2 Å². The number of anilines is 1. The van der Waals surface area contributed by atoms with Crippen LogP contribution in [0, 0.1) is 5.41 Å². The van der Waals surface area contributed by atoms with E-state index in [4.69, 9.17) is 10.5 Å². The minimum absolute atomic E-state index is 0.0198. The molecule has 0 aliphatic carbocycles. The highest BCUT2D eigenvalue weighted by Crippen LogP contribution is 2.56. The lowest BCUT2D eigenvalue weighted by Gasteiger charge is -2.36. The SMILES string of the molecule is CC/C=C\C/C=C\C/C=C\CCCCCCCCCC(=O)SCCNC(=O)CCNC(=O)[C@H](O)C(C)(C)COP(=O)([O-])OP(=O)([O-])OC[C@H]1O[C@@H](n2cnc3c(N)ncnc32)[C@H](O)[C@@H]1OP(=O)([O-])[O-]. The topological polar surface area (TPSA) is 375 Å². The summed E-state index contributed by atoms with van der Waals surface area (Å²) in [5, 5.41) is 26.5. The zero-order valence-electron chi connectivity index (χ0n) is 38.9. The fourth-order valence-corrected chi connectivity index (χ4v) is 10.0. The first-order valence-corrected chi connectivity index (χ1v) is 27.8. The van der Waals surface area contributed by atoms with Crippen molar-refractivity contribution in [3.8, 4) is 0 Å². The van der Waals surface area contributed by atoms with Crippen LogP contribution in [0.15, 0.2) is 49.1 Å². The van der Waals surface area contributed by atoms with Gasteiger partial charge in [-0.15, -0.1) is 0 Å². The highest BCUT2D eigenvalue weighted by molar-refractivity contribution is 8.13. The number of nitrogens with zero attached hydrogens (tertiary/aromatic N) is 4. The second-order valence-electron chi connectivity index (χ2n) is 16.5. The highest BCUT2D eigenvalue weighted by Gasteiger charge is 2.47. The number of carbonyl (C=O) groups excluding carboxylic acids is 3. The summed E-state index contributed by atoms with van der Waals surface area (Å²) in [6, 6.07) is 0. The van der Waals surface area contributed by atoms with Crippen LogP contribution in [0.3, 0.4) is 0 Å².